The Morgan fingerprint density at radius 2 is 1.79 bits per heavy atom. The normalized spacial score (nSPS) is 18.5. The summed E-state index contributed by atoms with van der Waals surface area (Å²) in [6.07, 6.45) is 8.75. The molecule has 1 aliphatic heterocycles. The van der Waals surface area contributed by atoms with E-state index in [4.69, 9.17) is 18.9 Å². The first-order valence-electron chi connectivity index (χ1n) is 14.9. The molecule has 5 rings (SSSR count). The second-order valence-corrected chi connectivity index (χ2v) is 12.3. The zero-order valence-corrected chi connectivity index (χ0v) is 25.4. The fourth-order valence-electron chi connectivity index (χ4n) is 5.93. The standard InChI is InChI=1S/C32H42N4O6/c1-21-15-29(37)35(26-17-25(39-5)18-34-30(21)26)12-6-7-22-8-10-24(11-9-22)36(31(38)42-32(2,3)4)20-23-16-27-28(19-33-23)41-14-13-40-27/h15-19,22,24H,6-14,20H2,1-5H3. The van der Waals surface area contributed by atoms with Gasteiger partial charge in [0.2, 0.25) is 0 Å². The van der Waals surface area contributed by atoms with E-state index in [9.17, 15) is 9.59 Å². The summed E-state index contributed by atoms with van der Waals surface area (Å²) >= 11 is 0. The minimum Gasteiger partial charge on any atom is -0.495 e. The highest BCUT2D eigenvalue weighted by Gasteiger charge is 2.32. The quantitative estimate of drug-likeness (QED) is 0.337. The van der Waals surface area contributed by atoms with Crippen molar-refractivity contribution in [3.8, 4) is 17.2 Å². The van der Waals surface area contributed by atoms with Gasteiger partial charge in [0.25, 0.3) is 5.56 Å². The van der Waals surface area contributed by atoms with Crippen molar-refractivity contribution in [2.75, 3.05) is 20.3 Å². The molecule has 226 valence electrons. The molecule has 42 heavy (non-hydrogen) atoms. The number of amides is 1. The number of fused-ring (bicyclic) bond motifs is 2. The third-order valence-electron chi connectivity index (χ3n) is 8.05. The number of hydrogen-bond acceptors (Lipinski definition) is 8. The molecule has 0 aromatic carbocycles. The number of aromatic nitrogens is 3. The van der Waals surface area contributed by atoms with Crippen molar-refractivity contribution in [2.45, 2.75) is 91.0 Å². The Labute approximate surface area is 246 Å². The van der Waals surface area contributed by atoms with Crippen LogP contribution >= 0.6 is 0 Å². The minimum absolute atomic E-state index is 0.0143. The number of hydrogen-bond donors (Lipinski definition) is 0. The largest absolute Gasteiger partial charge is 0.495 e. The number of rotatable bonds is 8. The molecule has 0 N–H and O–H groups in total. The van der Waals surface area contributed by atoms with Crippen LogP contribution in [0.2, 0.25) is 0 Å². The van der Waals surface area contributed by atoms with Gasteiger partial charge in [-0.1, -0.05) is 0 Å². The molecule has 0 bridgehead atoms. The molecule has 10 heteroatoms. The van der Waals surface area contributed by atoms with Gasteiger partial charge in [0.15, 0.2) is 11.5 Å². The number of nitrogens with zero attached hydrogens (tertiary/aromatic N) is 4. The van der Waals surface area contributed by atoms with E-state index in [1.807, 2.05) is 49.3 Å². The predicted molar refractivity (Wildman–Crippen MR) is 159 cm³/mol. The summed E-state index contributed by atoms with van der Waals surface area (Å²) in [7, 11) is 1.61. The first kappa shape index (κ1) is 29.7. The lowest BCUT2D eigenvalue weighted by Gasteiger charge is -2.37. The smallest absolute Gasteiger partial charge is 0.410 e. The number of carbonyl (C=O) groups is 1. The molecular weight excluding hydrogens is 536 g/mol. The molecule has 1 aliphatic carbocycles. The summed E-state index contributed by atoms with van der Waals surface area (Å²) in [6.45, 7) is 9.55. The van der Waals surface area contributed by atoms with E-state index < -0.39 is 5.60 Å². The van der Waals surface area contributed by atoms with E-state index in [2.05, 4.69) is 9.97 Å². The average Bonchev–Trinajstić information content (AvgIpc) is 2.96. The third-order valence-corrected chi connectivity index (χ3v) is 8.05. The van der Waals surface area contributed by atoms with Gasteiger partial charge in [0.1, 0.15) is 24.6 Å². The van der Waals surface area contributed by atoms with E-state index in [1.54, 1.807) is 25.6 Å². The summed E-state index contributed by atoms with van der Waals surface area (Å²) < 4.78 is 24.3. The molecule has 1 fully saturated rings. The maximum absolute atomic E-state index is 13.3. The molecule has 0 unspecified atom stereocenters. The summed E-state index contributed by atoms with van der Waals surface area (Å²) in [5, 5.41) is 0. The summed E-state index contributed by atoms with van der Waals surface area (Å²) in [5.41, 5.74) is 2.64. The first-order chi connectivity index (χ1) is 20.1. The van der Waals surface area contributed by atoms with E-state index in [0.29, 0.717) is 49.5 Å². The number of carbonyl (C=O) groups excluding carboxylic acids is 1. The Balaban J connectivity index is 1.22. The van der Waals surface area contributed by atoms with Gasteiger partial charge in [-0.15, -0.1) is 0 Å². The maximum Gasteiger partial charge on any atom is 0.410 e. The predicted octanol–water partition coefficient (Wildman–Crippen LogP) is 5.66. The second kappa shape index (κ2) is 12.6. The lowest BCUT2D eigenvalue weighted by Crippen LogP contribution is -2.44. The SMILES string of the molecule is COc1cnc2c(C)cc(=O)n(CCCC3CCC(N(Cc4cc5c(cn4)OCCO5)C(=O)OC(C)(C)C)CC3)c2c1. The third kappa shape index (κ3) is 6.97. The van der Waals surface area contributed by atoms with Gasteiger partial charge in [-0.3, -0.25) is 19.7 Å². The van der Waals surface area contributed by atoms with E-state index in [1.165, 1.54) is 0 Å². The van der Waals surface area contributed by atoms with Crippen LogP contribution in [-0.4, -0.2) is 57.5 Å². The molecule has 0 radical (unpaired) electrons. The van der Waals surface area contributed by atoms with Crippen LogP contribution < -0.4 is 19.8 Å². The van der Waals surface area contributed by atoms with Gasteiger partial charge < -0.3 is 23.5 Å². The molecule has 10 nitrogen and oxygen atoms in total. The fourth-order valence-corrected chi connectivity index (χ4v) is 5.93. The molecule has 1 amide bonds. The molecule has 0 atom stereocenters. The zero-order valence-electron chi connectivity index (χ0n) is 25.4. The van der Waals surface area contributed by atoms with Crippen molar-refractivity contribution in [3.05, 3.63) is 52.2 Å². The number of methoxy groups -OCH3 is 1. The Morgan fingerprint density at radius 1 is 1.05 bits per heavy atom. The van der Waals surface area contributed by atoms with Gasteiger partial charge in [-0.05, 0) is 77.7 Å². The Morgan fingerprint density at radius 3 is 2.50 bits per heavy atom. The average molecular weight is 579 g/mol. The van der Waals surface area contributed by atoms with Crippen LogP contribution in [0.15, 0.2) is 35.4 Å². The highest BCUT2D eigenvalue weighted by atomic mass is 16.6. The first-order valence-corrected chi connectivity index (χ1v) is 14.9. The molecule has 0 saturated heterocycles. The number of ether oxygens (including phenoxy) is 4. The molecular formula is C32H42N4O6. The zero-order chi connectivity index (χ0) is 29.9. The van der Waals surface area contributed by atoms with E-state index >= 15 is 0 Å². The van der Waals surface area contributed by atoms with Crippen molar-refractivity contribution in [1.29, 1.82) is 0 Å². The maximum atomic E-state index is 13.3. The number of aryl methyl sites for hydroxylation is 2. The molecule has 0 spiro atoms. The van der Waals surface area contributed by atoms with Gasteiger partial charge >= 0.3 is 6.09 Å². The van der Waals surface area contributed by atoms with Crippen LogP contribution in [-0.2, 0) is 17.8 Å². The van der Waals surface area contributed by atoms with Crippen LogP contribution in [0, 0.1) is 12.8 Å². The van der Waals surface area contributed by atoms with Crippen molar-refractivity contribution < 1.29 is 23.7 Å². The second-order valence-electron chi connectivity index (χ2n) is 12.3. The fraction of sp³-hybridized carbons (Fsp3) is 0.562. The lowest BCUT2D eigenvalue weighted by atomic mass is 9.83. The van der Waals surface area contributed by atoms with Crippen LogP contribution in [0.1, 0.15) is 70.6 Å². The monoisotopic (exact) mass is 578 g/mol. The van der Waals surface area contributed by atoms with Crippen molar-refractivity contribution in [2.24, 2.45) is 5.92 Å². The Kier molecular flexibility index (Phi) is 8.89. The highest BCUT2D eigenvalue weighted by molar-refractivity contribution is 5.79. The molecule has 1 saturated carbocycles. The van der Waals surface area contributed by atoms with Gasteiger partial charge in [-0.2, -0.15) is 0 Å². The Bertz CT molecular complexity index is 1470. The van der Waals surface area contributed by atoms with Gasteiger partial charge in [-0.25, -0.2) is 4.79 Å². The van der Waals surface area contributed by atoms with Gasteiger partial charge in [0.05, 0.1) is 42.8 Å². The summed E-state index contributed by atoms with van der Waals surface area (Å²) in [5.74, 6) is 2.47. The van der Waals surface area contributed by atoms with E-state index in [-0.39, 0.29) is 17.7 Å². The van der Waals surface area contributed by atoms with Gasteiger partial charge in [0, 0.05) is 30.8 Å². The molecule has 4 heterocycles. The molecule has 3 aromatic heterocycles. The lowest BCUT2D eigenvalue weighted by molar-refractivity contribution is 0.00739. The van der Waals surface area contributed by atoms with E-state index in [0.717, 1.165) is 60.8 Å². The summed E-state index contributed by atoms with van der Waals surface area (Å²) in [6, 6.07) is 5.48. The van der Waals surface area contributed by atoms with Crippen molar-refractivity contribution >= 4 is 17.1 Å². The van der Waals surface area contributed by atoms with Crippen LogP contribution in [0.3, 0.4) is 0 Å². The van der Waals surface area contributed by atoms with Crippen molar-refractivity contribution in [3.63, 3.8) is 0 Å². The minimum atomic E-state index is -0.593. The molecule has 2 aliphatic rings. The topological polar surface area (TPSA) is 105 Å². The number of pyridine rings is 3. The Hall–Kier alpha value is -3.82. The van der Waals surface area contributed by atoms with Crippen LogP contribution in [0.25, 0.3) is 11.0 Å². The summed E-state index contributed by atoms with van der Waals surface area (Å²) in [4.78, 5) is 37.1. The molecule has 3 aromatic rings. The van der Waals surface area contributed by atoms with Crippen LogP contribution in [0.5, 0.6) is 17.2 Å². The van der Waals surface area contributed by atoms with Crippen molar-refractivity contribution in [1.82, 2.24) is 19.4 Å². The van der Waals surface area contributed by atoms with Crippen LogP contribution in [0.4, 0.5) is 4.79 Å². The highest BCUT2D eigenvalue weighted by Crippen LogP contribution is 2.34.